The van der Waals surface area contributed by atoms with Gasteiger partial charge in [-0.1, -0.05) is 28.1 Å². The number of aromatic nitrogens is 1. The summed E-state index contributed by atoms with van der Waals surface area (Å²) in [7, 11) is 0. The number of hydrogen-bond donors (Lipinski definition) is 1. The lowest BCUT2D eigenvalue weighted by molar-refractivity contribution is -0.124. The number of nitrogens with zero attached hydrogens (tertiary/aromatic N) is 1. The summed E-state index contributed by atoms with van der Waals surface area (Å²) in [4.78, 5) is 28.0. The van der Waals surface area contributed by atoms with Crippen LogP contribution >= 0.6 is 15.9 Å². The lowest BCUT2D eigenvalue weighted by Crippen LogP contribution is -2.31. The van der Waals surface area contributed by atoms with Gasteiger partial charge in [0.05, 0.1) is 6.04 Å². The summed E-state index contributed by atoms with van der Waals surface area (Å²) < 4.78 is 11.2. The molecule has 25 heavy (non-hydrogen) atoms. The van der Waals surface area contributed by atoms with Crippen LogP contribution in [0.25, 0.3) is 0 Å². The van der Waals surface area contributed by atoms with E-state index in [0.717, 1.165) is 16.5 Å². The Morgan fingerprint density at radius 1 is 1.36 bits per heavy atom. The first-order valence-electron chi connectivity index (χ1n) is 8.17. The first-order valence-corrected chi connectivity index (χ1v) is 8.97. The first-order chi connectivity index (χ1) is 12.0. The van der Waals surface area contributed by atoms with Gasteiger partial charge in [-0.25, -0.2) is 9.78 Å². The highest BCUT2D eigenvalue weighted by Gasteiger charge is 2.25. The summed E-state index contributed by atoms with van der Waals surface area (Å²) in [5.74, 6) is 0.138. The van der Waals surface area contributed by atoms with Gasteiger partial charge in [-0.3, -0.25) is 4.79 Å². The number of benzene rings is 1. The van der Waals surface area contributed by atoms with Gasteiger partial charge in [-0.15, -0.1) is 0 Å². The Kier molecular flexibility index (Phi) is 5.53. The molecule has 1 amide bonds. The number of rotatable bonds is 7. The van der Waals surface area contributed by atoms with Crippen molar-refractivity contribution in [2.24, 2.45) is 5.92 Å². The van der Waals surface area contributed by atoms with Gasteiger partial charge in [0.2, 0.25) is 0 Å². The van der Waals surface area contributed by atoms with Gasteiger partial charge < -0.3 is 14.5 Å². The minimum atomic E-state index is -0.655. The Morgan fingerprint density at radius 2 is 2.08 bits per heavy atom. The number of hydrogen-bond acceptors (Lipinski definition) is 5. The molecule has 1 heterocycles. The number of carbonyl (C=O) groups excluding carboxylic acids is 2. The van der Waals surface area contributed by atoms with Crippen molar-refractivity contribution in [1.82, 2.24) is 10.3 Å². The predicted molar refractivity (Wildman–Crippen MR) is 93.9 cm³/mol. The fourth-order valence-corrected chi connectivity index (χ4v) is 2.65. The molecular weight excluding hydrogens is 388 g/mol. The molecule has 2 aromatic rings. The van der Waals surface area contributed by atoms with Crippen molar-refractivity contribution in [2.75, 3.05) is 6.61 Å². The molecule has 1 N–H and O–H groups in total. The van der Waals surface area contributed by atoms with Gasteiger partial charge in [0.15, 0.2) is 18.2 Å². The minimum absolute atomic E-state index is 0.101. The summed E-state index contributed by atoms with van der Waals surface area (Å²) in [5, 5.41) is 2.79. The summed E-state index contributed by atoms with van der Waals surface area (Å²) in [6.45, 7) is 1.51. The lowest BCUT2D eigenvalue weighted by Gasteiger charge is -2.14. The molecule has 0 bridgehead atoms. The largest absolute Gasteiger partial charge is 0.451 e. The smallest absolute Gasteiger partial charge is 0.360 e. The zero-order valence-electron chi connectivity index (χ0n) is 13.8. The highest BCUT2D eigenvalue weighted by molar-refractivity contribution is 9.10. The molecule has 1 aromatic heterocycles. The topological polar surface area (TPSA) is 81.4 Å². The lowest BCUT2D eigenvalue weighted by atomic mass is 10.1. The Labute approximate surface area is 154 Å². The van der Waals surface area contributed by atoms with Crippen molar-refractivity contribution in [3.05, 3.63) is 52.1 Å². The third kappa shape index (κ3) is 5.16. The van der Waals surface area contributed by atoms with Crippen LogP contribution < -0.4 is 5.32 Å². The van der Waals surface area contributed by atoms with Gasteiger partial charge in [-0.2, -0.15) is 0 Å². The van der Waals surface area contributed by atoms with E-state index in [9.17, 15) is 9.59 Å². The molecule has 0 spiro atoms. The van der Waals surface area contributed by atoms with Gasteiger partial charge in [-0.05, 0) is 43.4 Å². The van der Waals surface area contributed by atoms with Gasteiger partial charge in [0, 0.05) is 10.9 Å². The Balaban J connectivity index is 1.45. The predicted octanol–water partition coefficient (Wildman–Crippen LogP) is 3.42. The van der Waals surface area contributed by atoms with Crippen LogP contribution in [0.4, 0.5) is 0 Å². The van der Waals surface area contributed by atoms with Gasteiger partial charge in [0.25, 0.3) is 5.91 Å². The van der Waals surface area contributed by atoms with Crippen molar-refractivity contribution in [3.8, 4) is 0 Å². The standard InChI is InChI=1S/C18H19BrN2O4/c1-11(13-4-6-14(19)7-5-13)20-16(22)10-25-18(23)15-9-24-17(21-15)8-12-2-3-12/h4-7,9,11-12H,2-3,8,10H2,1H3,(H,20,22)/t11-/m0/s1. The van der Waals surface area contributed by atoms with E-state index in [-0.39, 0.29) is 24.2 Å². The van der Waals surface area contributed by atoms with Crippen LogP contribution in [0.2, 0.25) is 0 Å². The first kappa shape index (κ1) is 17.7. The second-order valence-corrected chi connectivity index (χ2v) is 7.11. The fourth-order valence-electron chi connectivity index (χ4n) is 2.39. The quantitative estimate of drug-likeness (QED) is 0.712. The van der Waals surface area contributed by atoms with E-state index in [1.54, 1.807) is 0 Å². The summed E-state index contributed by atoms with van der Waals surface area (Å²) in [6, 6.07) is 7.45. The molecule has 0 unspecified atom stereocenters. The molecule has 1 fully saturated rings. The normalized spacial score (nSPS) is 14.8. The number of oxazole rings is 1. The average molecular weight is 407 g/mol. The maximum absolute atomic E-state index is 11.9. The van der Waals surface area contributed by atoms with Crippen LogP contribution in [0.1, 0.15) is 47.7 Å². The van der Waals surface area contributed by atoms with Crippen LogP contribution in [0.3, 0.4) is 0 Å². The molecule has 1 aromatic carbocycles. The number of ether oxygens (including phenoxy) is 1. The van der Waals surface area contributed by atoms with E-state index in [1.165, 1.54) is 19.1 Å². The van der Waals surface area contributed by atoms with Crippen LogP contribution in [0, 0.1) is 5.92 Å². The monoisotopic (exact) mass is 406 g/mol. The molecule has 132 valence electrons. The third-order valence-corrected chi connectivity index (χ3v) is 4.53. The number of nitrogens with one attached hydrogen (secondary N) is 1. The molecule has 1 saturated carbocycles. The Hall–Kier alpha value is -2.15. The van der Waals surface area contributed by atoms with Crippen molar-refractivity contribution in [1.29, 1.82) is 0 Å². The van der Waals surface area contributed by atoms with Crippen LogP contribution in [0.5, 0.6) is 0 Å². The number of carbonyl (C=O) groups is 2. The van der Waals surface area contributed by atoms with Crippen LogP contribution in [-0.2, 0) is 16.0 Å². The summed E-state index contributed by atoms with van der Waals surface area (Å²) >= 11 is 3.37. The fraction of sp³-hybridized carbons (Fsp3) is 0.389. The second-order valence-electron chi connectivity index (χ2n) is 6.19. The van der Waals surface area contributed by atoms with E-state index < -0.39 is 5.97 Å². The van der Waals surface area contributed by atoms with E-state index in [4.69, 9.17) is 9.15 Å². The zero-order chi connectivity index (χ0) is 17.8. The van der Waals surface area contributed by atoms with E-state index >= 15 is 0 Å². The molecule has 3 rings (SSSR count). The number of amides is 1. The number of halogens is 1. The molecule has 0 radical (unpaired) electrons. The van der Waals surface area contributed by atoms with E-state index in [1.807, 2.05) is 31.2 Å². The molecule has 6 nitrogen and oxygen atoms in total. The van der Waals surface area contributed by atoms with Crippen LogP contribution in [-0.4, -0.2) is 23.5 Å². The zero-order valence-corrected chi connectivity index (χ0v) is 15.4. The molecule has 1 atom stereocenters. The summed E-state index contributed by atoms with van der Waals surface area (Å²) in [6.07, 6.45) is 4.39. The molecule has 1 aliphatic rings. The molecule has 1 aliphatic carbocycles. The number of esters is 1. The Morgan fingerprint density at radius 3 is 2.76 bits per heavy atom. The molecule has 0 aliphatic heterocycles. The highest BCUT2D eigenvalue weighted by atomic mass is 79.9. The highest BCUT2D eigenvalue weighted by Crippen LogP contribution is 2.32. The van der Waals surface area contributed by atoms with E-state index in [2.05, 4.69) is 26.2 Å². The maximum Gasteiger partial charge on any atom is 0.360 e. The molecular formula is C18H19BrN2O4. The third-order valence-electron chi connectivity index (χ3n) is 4.00. The van der Waals surface area contributed by atoms with Gasteiger partial charge in [0.1, 0.15) is 6.26 Å². The van der Waals surface area contributed by atoms with Crippen molar-refractivity contribution in [3.63, 3.8) is 0 Å². The molecule has 7 heteroatoms. The van der Waals surface area contributed by atoms with Crippen LogP contribution in [0.15, 0.2) is 39.4 Å². The van der Waals surface area contributed by atoms with Gasteiger partial charge >= 0.3 is 5.97 Å². The second kappa shape index (κ2) is 7.82. The average Bonchev–Trinajstić information content (AvgIpc) is 3.28. The maximum atomic E-state index is 11.9. The SMILES string of the molecule is C[C@H](NC(=O)COC(=O)c1coc(CC2CC2)n1)c1ccc(Br)cc1. The van der Waals surface area contributed by atoms with Crippen molar-refractivity contribution >= 4 is 27.8 Å². The minimum Gasteiger partial charge on any atom is -0.451 e. The van der Waals surface area contributed by atoms with Crippen molar-refractivity contribution in [2.45, 2.75) is 32.2 Å². The Bertz CT molecular complexity index is 753. The summed E-state index contributed by atoms with van der Waals surface area (Å²) in [5.41, 5.74) is 1.06. The molecule has 0 saturated heterocycles. The van der Waals surface area contributed by atoms with Crippen molar-refractivity contribution < 1.29 is 18.7 Å². The van der Waals surface area contributed by atoms with E-state index in [0.29, 0.717) is 11.8 Å².